The van der Waals surface area contributed by atoms with E-state index in [-0.39, 0.29) is 0 Å². The number of aryl methyl sites for hydroxylation is 1. The number of aromatic nitrogens is 2. The Bertz CT molecular complexity index is 1040. The number of hydrogen-bond acceptors (Lipinski definition) is 7. The summed E-state index contributed by atoms with van der Waals surface area (Å²) in [6.07, 6.45) is 1.51. The molecule has 29 heavy (non-hydrogen) atoms. The van der Waals surface area contributed by atoms with Crippen LogP contribution in [-0.4, -0.2) is 60.5 Å². The number of rotatable bonds is 7. The summed E-state index contributed by atoms with van der Waals surface area (Å²) >= 11 is 1.37. The normalized spacial score (nSPS) is 16.3. The van der Waals surface area contributed by atoms with Crippen LogP contribution in [0.4, 0.5) is 0 Å². The van der Waals surface area contributed by atoms with Gasteiger partial charge in [0.1, 0.15) is 4.21 Å². The van der Waals surface area contributed by atoms with E-state index >= 15 is 0 Å². The molecule has 1 aromatic carbocycles. The van der Waals surface area contributed by atoms with Crippen LogP contribution in [0.3, 0.4) is 0 Å². The number of sulfonamides is 1. The highest BCUT2D eigenvalue weighted by atomic mass is 32.2. The van der Waals surface area contributed by atoms with Crippen LogP contribution < -0.4 is 0 Å². The van der Waals surface area contributed by atoms with Gasteiger partial charge >= 0.3 is 0 Å². The van der Waals surface area contributed by atoms with Crippen molar-refractivity contribution in [1.29, 1.82) is 0 Å². The predicted octanol–water partition coefficient (Wildman–Crippen LogP) is 2.91. The molecule has 3 heterocycles. The van der Waals surface area contributed by atoms with E-state index in [1.165, 1.54) is 11.3 Å². The number of thiophene rings is 1. The van der Waals surface area contributed by atoms with Gasteiger partial charge in [-0.1, -0.05) is 25.1 Å². The smallest absolute Gasteiger partial charge is 0.252 e. The maximum Gasteiger partial charge on any atom is 0.252 e. The third kappa shape index (κ3) is 4.58. The molecule has 0 spiro atoms. The summed E-state index contributed by atoms with van der Waals surface area (Å²) in [5.74, 6) is 1.13. The molecule has 0 radical (unpaired) electrons. The van der Waals surface area contributed by atoms with E-state index in [4.69, 9.17) is 4.42 Å². The highest BCUT2D eigenvalue weighted by molar-refractivity contribution is 7.91. The van der Waals surface area contributed by atoms with Crippen LogP contribution in [0.15, 0.2) is 51.1 Å². The van der Waals surface area contributed by atoms with E-state index in [2.05, 4.69) is 15.1 Å². The molecule has 1 aliphatic heterocycles. The Kier molecular flexibility index (Phi) is 6.09. The van der Waals surface area contributed by atoms with Gasteiger partial charge in [-0.15, -0.1) is 21.5 Å². The SMILES string of the molecule is CCc1ccc(S(=O)(=O)N2CCN(CCc3nnc(-c4ccccc4)o3)CC2)s1. The minimum atomic E-state index is -3.38. The van der Waals surface area contributed by atoms with Gasteiger partial charge in [0.15, 0.2) is 0 Å². The number of hydrogen-bond donors (Lipinski definition) is 0. The Hall–Kier alpha value is -2.07. The average molecular weight is 433 g/mol. The molecule has 4 rings (SSSR count). The average Bonchev–Trinajstić information content (AvgIpc) is 3.43. The highest BCUT2D eigenvalue weighted by Gasteiger charge is 2.29. The van der Waals surface area contributed by atoms with E-state index in [0.29, 0.717) is 48.6 Å². The van der Waals surface area contributed by atoms with Crippen molar-refractivity contribution in [1.82, 2.24) is 19.4 Å². The number of nitrogens with zero attached hydrogens (tertiary/aromatic N) is 4. The van der Waals surface area contributed by atoms with Gasteiger partial charge in [-0.25, -0.2) is 8.42 Å². The maximum absolute atomic E-state index is 12.8. The minimum absolute atomic E-state index is 0.446. The number of benzene rings is 1. The maximum atomic E-state index is 12.8. The topological polar surface area (TPSA) is 79.5 Å². The van der Waals surface area contributed by atoms with Crippen LogP contribution in [0.1, 0.15) is 17.7 Å². The molecule has 0 bridgehead atoms. The van der Waals surface area contributed by atoms with Gasteiger partial charge in [-0.2, -0.15) is 4.31 Å². The Morgan fingerprint density at radius 3 is 2.48 bits per heavy atom. The second-order valence-corrected chi connectivity index (χ2v) is 10.3. The van der Waals surface area contributed by atoms with Gasteiger partial charge in [0.2, 0.25) is 11.8 Å². The molecule has 154 valence electrons. The zero-order valence-corrected chi connectivity index (χ0v) is 18.0. The van der Waals surface area contributed by atoms with E-state index in [1.807, 2.05) is 43.3 Å². The van der Waals surface area contributed by atoms with E-state index < -0.39 is 10.0 Å². The molecule has 1 fully saturated rings. The van der Waals surface area contributed by atoms with Crippen molar-refractivity contribution in [2.45, 2.75) is 24.0 Å². The van der Waals surface area contributed by atoms with Gasteiger partial charge in [0, 0.05) is 49.6 Å². The summed E-state index contributed by atoms with van der Waals surface area (Å²) in [4.78, 5) is 3.33. The Labute approximate surface area is 175 Å². The standard InChI is InChI=1S/C20H24N4O3S2/c1-2-17-8-9-19(28-17)29(25,26)24-14-12-23(13-15-24)11-10-18-21-22-20(27-18)16-6-4-3-5-7-16/h3-9H,2,10-15H2,1H3. The zero-order chi connectivity index (χ0) is 20.3. The fourth-order valence-electron chi connectivity index (χ4n) is 3.31. The first kappa shape index (κ1) is 20.2. The first-order chi connectivity index (χ1) is 14.1. The summed E-state index contributed by atoms with van der Waals surface area (Å²) in [5.41, 5.74) is 0.907. The van der Waals surface area contributed by atoms with Crippen LogP contribution in [-0.2, 0) is 22.9 Å². The second-order valence-electron chi connectivity index (χ2n) is 6.94. The molecule has 0 N–H and O–H groups in total. The first-order valence-electron chi connectivity index (χ1n) is 9.75. The molecule has 0 unspecified atom stereocenters. The lowest BCUT2D eigenvalue weighted by molar-refractivity contribution is 0.187. The van der Waals surface area contributed by atoms with Crippen LogP contribution in [0.5, 0.6) is 0 Å². The third-order valence-electron chi connectivity index (χ3n) is 5.04. The molecule has 0 amide bonds. The van der Waals surface area contributed by atoms with Crippen molar-refractivity contribution in [3.63, 3.8) is 0 Å². The zero-order valence-electron chi connectivity index (χ0n) is 16.3. The third-order valence-corrected chi connectivity index (χ3v) is 8.64. The van der Waals surface area contributed by atoms with Gasteiger partial charge in [0.05, 0.1) is 0 Å². The lowest BCUT2D eigenvalue weighted by Gasteiger charge is -2.33. The van der Waals surface area contributed by atoms with Crippen molar-refractivity contribution >= 4 is 21.4 Å². The Morgan fingerprint density at radius 1 is 1.03 bits per heavy atom. The summed E-state index contributed by atoms with van der Waals surface area (Å²) in [6.45, 7) is 5.20. The van der Waals surface area contributed by atoms with Gasteiger partial charge in [-0.3, -0.25) is 0 Å². The Balaban J connectivity index is 1.30. The second kappa shape index (κ2) is 8.74. The van der Waals surface area contributed by atoms with Gasteiger partial charge < -0.3 is 9.32 Å². The van der Waals surface area contributed by atoms with Crippen LogP contribution in [0, 0.1) is 0 Å². The van der Waals surface area contributed by atoms with Crippen molar-refractivity contribution in [3.8, 4) is 11.5 Å². The van der Waals surface area contributed by atoms with E-state index in [0.717, 1.165) is 23.4 Å². The quantitative estimate of drug-likeness (QED) is 0.571. The Morgan fingerprint density at radius 2 is 1.79 bits per heavy atom. The summed E-state index contributed by atoms with van der Waals surface area (Å²) in [5, 5.41) is 8.25. The van der Waals surface area contributed by atoms with Gasteiger partial charge in [0.25, 0.3) is 10.0 Å². The van der Waals surface area contributed by atoms with E-state index in [9.17, 15) is 8.42 Å². The molecule has 0 atom stereocenters. The lowest BCUT2D eigenvalue weighted by atomic mass is 10.2. The molecule has 0 aliphatic carbocycles. The van der Waals surface area contributed by atoms with Gasteiger partial charge in [-0.05, 0) is 30.7 Å². The molecule has 7 nitrogen and oxygen atoms in total. The van der Waals surface area contributed by atoms with Crippen LogP contribution in [0.2, 0.25) is 0 Å². The number of piperazine rings is 1. The molecule has 0 saturated carbocycles. The lowest BCUT2D eigenvalue weighted by Crippen LogP contribution is -2.48. The van der Waals surface area contributed by atoms with Crippen LogP contribution >= 0.6 is 11.3 Å². The fourth-order valence-corrected chi connectivity index (χ4v) is 6.19. The molecule has 2 aromatic heterocycles. The molecule has 1 saturated heterocycles. The molecule has 9 heteroatoms. The summed E-state index contributed by atoms with van der Waals surface area (Å²) in [7, 11) is -3.38. The van der Waals surface area contributed by atoms with E-state index in [1.54, 1.807) is 10.4 Å². The highest BCUT2D eigenvalue weighted by Crippen LogP contribution is 2.26. The summed E-state index contributed by atoms with van der Waals surface area (Å²) in [6, 6.07) is 13.3. The largest absolute Gasteiger partial charge is 0.421 e. The van der Waals surface area contributed by atoms with Crippen molar-refractivity contribution in [2.75, 3.05) is 32.7 Å². The van der Waals surface area contributed by atoms with Crippen molar-refractivity contribution in [3.05, 3.63) is 53.2 Å². The van der Waals surface area contributed by atoms with Crippen molar-refractivity contribution in [2.24, 2.45) is 0 Å². The summed E-state index contributed by atoms with van der Waals surface area (Å²) < 4.78 is 33.4. The monoisotopic (exact) mass is 432 g/mol. The molecule has 1 aliphatic rings. The predicted molar refractivity (Wildman–Crippen MR) is 112 cm³/mol. The minimum Gasteiger partial charge on any atom is -0.421 e. The first-order valence-corrected chi connectivity index (χ1v) is 12.0. The molecular formula is C20H24N4O3S2. The van der Waals surface area contributed by atoms with Crippen LogP contribution in [0.25, 0.3) is 11.5 Å². The molecule has 3 aromatic rings. The van der Waals surface area contributed by atoms with Crippen molar-refractivity contribution < 1.29 is 12.8 Å². The fraction of sp³-hybridized carbons (Fsp3) is 0.400. The molecular weight excluding hydrogens is 408 g/mol.